The van der Waals surface area contributed by atoms with Crippen molar-refractivity contribution in [2.24, 2.45) is 5.92 Å². The largest absolute Gasteiger partial charge is 0.489 e. The van der Waals surface area contributed by atoms with E-state index in [-0.39, 0.29) is 12.0 Å². The molecule has 0 unspecified atom stereocenters. The first-order chi connectivity index (χ1) is 14.2. The third kappa shape index (κ3) is 2.81. The Hall–Kier alpha value is -2.30. The van der Waals surface area contributed by atoms with E-state index in [4.69, 9.17) is 4.74 Å². The molecule has 1 atom stereocenters. The SMILES string of the molecule is C[C@H]1CCc2c(ccc(-c3cnn4c3CCC4)c2OC2CCC2)N1C(=O)C1CC1. The highest BCUT2D eigenvalue weighted by molar-refractivity contribution is 5.99. The van der Waals surface area contributed by atoms with Crippen molar-refractivity contribution < 1.29 is 9.53 Å². The Morgan fingerprint density at radius 1 is 1.07 bits per heavy atom. The van der Waals surface area contributed by atoms with Crippen LogP contribution in [0.1, 0.15) is 63.1 Å². The zero-order chi connectivity index (χ0) is 19.5. The number of benzene rings is 1. The van der Waals surface area contributed by atoms with Gasteiger partial charge in [-0.1, -0.05) is 0 Å². The quantitative estimate of drug-likeness (QED) is 0.771. The fourth-order valence-corrected chi connectivity index (χ4v) is 5.16. The Bertz CT molecular complexity index is 971. The maximum atomic E-state index is 13.1. The molecule has 0 bridgehead atoms. The minimum Gasteiger partial charge on any atom is -0.489 e. The first-order valence-corrected chi connectivity index (χ1v) is 11.4. The van der Waals surface area contributed by atoms with Crippen molar-refractivity contribution >= 4 is 11.6 Å². The van der Waals surface area contributed by atoms with Crippen molar-refractivity contribution in [3.8, 4) is 16.9 Å². The van der Waals surface area contributed by atoms with Crippen molar-refractivity contribution in [2.75, 3.05) is 4.90 Å². The van der Waals surface area contributed by atoms with Gasteiger partial charge in [-0.25, -0.2) is 0 Å². The number of aromatic nitrogens is 2. The molecule has 1 aromatic heterocycles. The molecule has 0 saturated heterocycles. The van der Waals surface area contributed by atoms with Crippen LogP contribution in [-0.4, -0.2) is 27.8 Å². The highest BCUT2D eigenvalue weighted by Gasteiger charge is 2.39. The monoisotopic (exact) mass is 391 g/mol. The molecule has 152 valence electrons. The average molecular weight is 392 g/mol. The first-order valence-electron chi connectivity index (χ1n) is 11.4. The molecule has 0 N–H and O–H groups in total. The lowest BCUT2D eigenvalue weighted by Crippen LogP contribution is -2.43. The van der Waals surface area contributed by atoms with E-state index in [1.807, 2.05) is 6.20 Å². The highest BCUT2D eigenvalue weighted by Crippen LogP contribution is 2.47. The number of anilines is 1. The van der Waals surface area contributed by atoms with Crippen LogP contribution in [0.3, 0.4) is 0 Å². The van der Waals surface area contributed by atoms with Crippen LogP contribution in [0.4, 0.5) is 5.69 Å². The van der Waals surface area contributed by atoms with Crippen LogP contribution in [0.15, 0.2) is 18.3 Å². The zero-order valence-electron chi connectivity index (χ0n) is 17.2. The molecule has 29 heavy (non-hydrogen) atoms. The maximum absolute atomic E-state index is 13.1. The molecule has 4 aliphatic rings. The molecule has 2 fully saturated rings. The van der Waals surface area contributed by atoms with Crippen LogP contribution in [-0.2, 0) is 24.2 Å². The molecule has 2 aliphatic heterocycles. The van der Waals surface area contributed by atoms with Crippen molar-refractivity contribution in [3.63, 3.8) is 0 Å². The van der Waals surface area contributed by atoms with Crippen LogP contribution in [0, 0.1) is 5.92 Å². The van der Waals surface area contributed by atoms with E-state index in [1.54, 1.807) is 0 Å². The summed E-state index contributed by atoms with van der Waals surface area (Å²) in [5.41, 5.74) is 6.05. The molecular weight excluding hydrogens is 362 g/mol. The number of carbonyl (C=O) groups excluding carboxylic acids is 1. The summed E-state index contributed by atoms with van der Waals surface area (Å²) in [5.74, 6) is 1.57. The lowest BCUT2D eigenvalue weighted by molar-refractivity contribution is -0.120. The smallest absolute Gasteiger partial charge is 0.230 e. The minimum absolute atomic E-state index is 0.234. The normalized spacial score (nSPS) is 23.5. The fraction of sp³-hybridized carbons (Fsp3) is 0.583. The third-order valence-electron chi connectivity index (χ3n) is 7.27. The van der Waals surface area contributed by atoms with Gasteiger partial charge in [0, 0.05) is 40.9 Å². The summed E-state index contributed by atoms with van der Waals surface area (Å²) in [7, 11) is 0. The van der Waals surface area contributed by atoms with Crippen LogP contribution < -0.4 is 9.64 Å². The van der Waals surface area contributed by atoms with Crippen molar-refractivity contribution in [1.82, 2.24) is 9.78 Å². The Labute approximate surface area is 172 Å². The maximum Gasteiger partial charge on any atom is 0.230 e. The fourth-order valence-electron chi connectivity index (χ4n) is 5.16. The van der Waals surface area contributed by atoms with Gasteiger partial charge in [0.05, 0.1) is 18.0 Å². The molecule has 2 aromatic rings. The highest BCUT2D eigenvalue weighted by atomic mass is 16.5. The molecule has 2 saturated carbocycles. The van der Waals surface area contributed by atoms with Gasteiger partial charge in [-0.15, -0.1) is 0 Å². The third-order valence-corrected chi connectivity index (χ3v) is 7.27. The summed E-state index contributed by atoms with van der Waals surface area (Å²) in [6.45, 7) is 3.20. The number of carbonyl (C=O) groups is 1. The van der Waals surface area contributed by atoms with E-state index in [1.165, 1.54) is 35.2 Å². The molecule has 5 heteroatoms. The number of rotatable bonds is 4. The van der Waals surface area contributed by atoms with Gasteiger partial charge in [-0.3, -0.25) is 9.48 Å². The molecular formula is C24H29N3O2. The van der Waals surface area contributed by atoms with Gasteiger partial charge in [0.25, 0.3) is 0 Å². The number of amides is 1. The number of ether oxygens (including phenoxy) is 1. The van der Waals surface area contributed by atoms with Gasteiger partial charge in [0.1, 0.15) is 5.75 Å². The van der Waals surface area contributed by atoms with Crippen LogP contribution in [0.25, 0.3) is 11.1 Å². The number of hydrogen-bond acceptors (Lipinski definition) is 3. The summed E-state index contributed by atoms with van der Waals surface area (Å²) in [4.78, 5) is 15.2. The van der Waals surface area contributed by atoms with Crippen molar-refractivity contribution in [2.45, 2.75) is 83.4 Å². The minimum atomic E-state index is 0.234. The molecule has 5 nitrogen and oxygen atoms in total. The zero-order valence-corrected chi connectivity index (χ0v) is 17.2. The summed E-state index contributed by atoms with van der Waals surface area (Å²) in [5, 5.41) is 4.62. The molecule has 1 aromatic carbocycles. The van der Waals surface area contributed by atoms with Crippen molar-refractivity contribution in [1.29, 1.82) is 0 Å². The second-order valence-electron chi connectivity index (χ2n) is 9.31. The Kier molecular flexibility index (Phi) is 4.00. The lowest BCUT2D eigenvalue weighted by Gasteiger charge is -2.38. The van der Waals surface area contributed by atoms with E-state index >= 15 is 0 Å². The van der Waals surface area contributed by atoms with E-state index in [0.29, 0.717) is 12.0 Å². The molecule has 3 heterocycles. The van der Waals surface area contributed by atoms with Crippen LogP contribution in [0.2, 0.25) is 0 Å². The number of aryl methyl sites for hydroxylation is 1. The summed E-state index contributed by atoms with van der Waals surface area (Å²) in [6, 6.07) is 4.62. The first kappa shape index (κ1) is 17.5. The second-order valence-corrected chi connectivity index (χ2v) is 9.31. The average Bonchev–Trinajstić information content (AvgIpc) is 3.30. The van der Waals surface area contributed by atoms with E-state index in [9.17, 15) is 4.79 Å². The van der Waals surface area contributed by atoms with Gasteiger partial charge in [-0.05, 0) is 76.8 Å². The van der Waals surface area contributed by atoms with Crippen molar-refractivity contribution in [3.05, 3.63) is 29.6 Å². The number of nitrogens with zero attached hydrogens (tertiary/aromatic N) is 3. The van der Waals surface area contributed by atoms with Gasteiger partial charge in [0.15, 0.2) is 0 Å². The van der Waals surface area contributed by atoms with Gasteiger partial charge >= 0.3 is 0 Å². The van der Waals surface area contributed by atoms with E-state index in [0.717, 1.165) is 62.9 Å². The predicted octanol–water partition coefficient (Wildman–Crippen LogP) is 4.51. The Morgan fingerprint density at radius 3 is 2.69 bits per heavy atom. The van der Waals surface area contributed by atoms with Crippen LogP contribution >= 0.6 is 0 Å². The van der Waals surface area contributed by atoms with E-state index in [2.05, 4.69) is 33.7 Å². The molecule has 0 radical (unpaired) electrons. The Morgan fingerprint density at radius 2 is 1.93 bits per heavy atom. The molecule has 0 spiro atoms. The van der Waals surface area contributed by atoms with Crippen LogP contribution in [0.5, 0.6) is 5.75 Å². The number of fused-ring (bicyclic) bond motifs is 2. The molecule has 1 amide bonds. The van der Waals surface area contributed by atoms with Gasteiger partial charge in [0.2, 0.25) is 5.91 Å². The molecule has 2 aliphatic carbocycles. The second kappa shape index (κ2) is 6.61. The standard InChI is InChI=1S/C24H29N3O2/c1-15-7-10-19-22(27(15)24(28)16-8-9-16)12-11-18(23(19)29-17-4-2-5-17)20-14-25-26-13-3-6-21(20)26/h11-12,14-17H,2-10,13H2,1H3/t15-/m0/s1. The molecule has 6 rings (SSSR count). The number of hydrogen-bond donors (Lipinski definition) is 0. The summed E-state index contributed by atoms with van der Waals surface area (Å²) in [6.07, 6.45) is 12.2. The summed E-state index contributed by atoms with van der Waals surface area (Å²) < 4.78 is 8.77. The lowest BCUT2D eigenvalue weighted by atomic mass is 9.90. The topological polar surface area (TPSA) is 47.4 Å². The van der Waals surface area contributed by atoms with Gasteiger partial charge in [-0.2, -0.15) is 5.10 Å². The van der Waals surface area contributed by atoms with E-state index < -0.39 is 0 Å². The summed E-state index contributed by atoms with van der Waals surface area (Å²) >= 11 is 0. The predicted molar refractivity (Wildman–Crippen MR) is 112 cm³/mol. The Balaban J connectivity index is 1.48. The van der Waals surface area contributed by atoms with Gasteiger partial charge < -0.3 is 9.64 Å².